The summed E-state index contributed by atoms with van der Waals surface area (Å²) in [6.07, 6.45) is 0. The molecule has 0 aliphatic rings. The van der Waals surface area contributed by atoms with Crippen molar-refractivity contribution in [1.29, 1.82) is 0 Å². The number of hydrogen-bond acceptors (Lipinski definition) is 3. The molecular formula is C19H25NaO3S. The van der Waals surface area contributed by atoms with Crippen LogP contribution in [0.3, 0.4) is 0 Å². The van der Waals surface area contributed by atoms with Gasteiger partial charge in [0.25, 0.3) is 0 Å². The Hall–Kier alpha value is -0.390. The van der Waals surface area contributed by atoms with Gasteiger partial charge in [0.05, 0.1) is 4.90 Å². The van der Waals surface area contributed by atoms with Crippen LogP contribution in [-0.2, 0) is 10.1 Å². The summed E-state index contributed by atoms with van der Waals surface area (Å²) in [4.78, 5) is -0.0157. The van der Waals surface area contributed by atoms with Gasteiger partial charge in [-0.15, -0.1) is 0 Å². The molecule has 5 heteroatoms. The molecule has 0 heterocycles. The van der Waals surface area contributed by atoms with E-state index in [-0.39, 0.29) is 52.2 Å². The molecule has 0 unspecified atom stereocenters. The minimum atomic E-state index is -4.57. The maximum absolute atomic E-state index is 12.2. The third kappa shape index (κ3) is 4.05. The Kier molecular flexibility index (Phi) is 7.11. The van der Waals surface area contributed by atoms with Gasteiger partial charge in [-0.25, -0.2) is 8.42 Å². The first kappa shape index (κ1) is 21.7. The van der Waals surface area contributed by atoms with Crippen LogP contribution >= 0.6 is 0 Å². The molecular weight excluding hydrogens is 331 g/mol. The fraction of sp³-hybridized carbons (Fsp3) is 0.474. The monoisotopic (exact) mass is 356 g/mol. The normalized spacial score (nSPS) is 12.2. The molecule has 2 aromatic rings. The van der Waals surface area contributed by atoms with E-state index in [9.17, 15) is 13.0 Å². The molecule has 0 saturated carbocycles. The fourth-order valence-electron chi connectivity index (χ4n) is 3.30. The molecule has 2 aromatic carbocycles. The number of rotatable bonds is 4. The molecule has 0 saturated heterocycles. The van der Waals surface area contributed by atoms with E-state index < -0.39 is 10.1 Å². The Balaban J connectivity index is 0.00000288. The molecule has 0 aromatic heterocycles. The van der Waals surface area contributed by atoms with E-state index in [1.54, 1.807) is 0 Å². The van der Waals surface area contributed by atoms with Crippen molar-refractivity contribution in [2.24, 2.45) is 0 Å². The van der Waals surface area contributed by atoms with Gasteiger partial charge in [-0.2, -0.15) is 0 Å². The first-order valence-corrected chi connectivity index (χ1v) is 9.51. The van der Waals surface area contributed by atoms with Gasteiger partial charge in [0.15, 0.2) is 0 Å². The van der Waals surface area contributed by atoms with E-state index in [2.05, 4.69) is 6.07 Å². The molecule has 0 aliphatic carbocycles. The zero-order valence-electron chi connectivity index (χ0n) is 15.7. The van der Waals surface area contributed by atoms with Crippen molar-refractivity contribution in [3.63, 3.8) is 0 Å². The minimum Gasteiger partial charge on any atom is -0.744 e. The van der Waals surface area contributed by atoms with Crippen LogP contribution in [-0.4, -0.2) is 13.0 Å². The molecule has 2 rings (SSSR count). The van der Waals surface area contributed by atoms with Gasteiger partial charge in [-0.1, -0.05) is 65.8 Å². The fourth-order valence-corrected chi connectivity index (χ4v) is 4.40. The Morgan fingerprint density at radius 1 is 0.875 bits per heavy atom. The standard InChI is InChI=1S/C19H26O3S.Na/c1-11(2)15-9-7-8-14-10-16(12(3)4)17(13(5)6)19(18(14)15)23(20,21)22;/h7-13H,1-6H3,(H,20,21,22);/q;+1/p-1. The average Bonchev–Trinajstić information content (AvgIpc) is 2.42. The van der Waals surface area contributed by atoms with Crippen LogP contribution in [0.2, 0.25) is 0 Å². The summed E-state index contributed by atoms with van der Waals surface area (Å²) in [6.45, 7) is 12.0. The molecule has 0 radical (unpaired) electrons. The quantitative estimate of drug-likeness (QED) is 0.623. The summed E-state index contributed by atoms with van der Waals surface area (Å²) in [6, 6.07) is 7.79. The van der Waals surface area contributed by atoms with E-state index in [1.807, 2.05) is 59.7 Å². The van der Waals surface area contributed by atoms with E-state index >= 15 is 0 Å². The predicted molar refractivity (Wildman–Crippen MR) is 94.2 cm³/mol. The van der Waals surface area contributed by atoms with Crippen LogP contribution in [0.4, 0.5) is 0 Å². The molecule has 0 fully saturated rings. The van der Waals surface area contributed by atoms with Gasteiger partial charge < -0.3 is 4.55 Å². The van der Waals surface area contributed by atoms with Crippen molar-refractivity contribution in [1.82, 2.24) is 0 Å². The zero-order chi connectivity index (χ0) is 17.5. The SMILES string of the molecule is CC(C)c1cc2cccc(C(C)C)c2c(S(=O)(=O)[O-])c1C(C)C.[Na+]. The largest absolute Gasteiger partial charge is 1.00 e. The van der Waals surface area contributed by atoms with E-state index in [0.29, 0.717) is 10.9 Å². The number of hydrogen-bond donors (Lipinski definition) is 0. The van der Waals surface area contributed by atoms with Crippen LogP contribution in [0, 0.1) is 0 Å². The van der Waals surface area contributed by atoms with Gasteiger partial charge in [0.1, 0.15) is 10.1 Å². The first-order chi connectivity index (χ1) is 10.6. The van der Waals surface area contributed by atoms with Crippen molar-refractivity contribution in [3.05, 3.63) is 41.0 Å². The predicted octanol–water partition coefficient (Wildman–Crippen LogP) is 2.12. The summed E-state index contributed by atoms with van der Waals surface area (Å²) in [5, 5.41) is 1.43. The molecule has 0 amide bonds. The molecule has 0 atom stereocenters. The van der Waals surface area contributed by atoms with Gasteiger partial charge in [0, 0.05) is 5.39 Å². The van der Waals surface area contributed by atoms with Gasteiger partial charge in [-0.3, -0.25) is 0 Å². The Labute approximate surface area is 167 Å². The Bertz CT molecular complexity index is 837. The second-order valence-corrected chi connectivity index (χ2v) is 8.39. The summed E-state index contributed by atoms with van der Waals surface area (Å²) >= 11 is 0. The van der Waals surface area contributed by atoms with Crippen LogP contribution in [0.25, 0.3) is 10.8 Å². The molecule has 126 valence electrons. The van der Waals surface area contributed by atoms with Crippen LogP contribution < -0.4 is 29.6 Å². The Morgan fingerprint density at radius 2 is 1.42 bits per heavy atom. The van der Waals surface area contributed by atoms with E-state index in [0.717, 1.165) is 16.5 Å². The molecule has 3 nitrogen and oxygen atoms in total. The molecule has 0 spiro atoms. The third-order valence-electron chi connectivity index (χ3n) is 4.29. The molecule has 0 bridgehead atoms. The van der Waals surface area contributed by atoms with Crippen molar-refractivity contribution < 1.29 is 42.5 Å². The van der Waals surface area contributed by atoms with E-state index in [1.165, 1.54) is 0 Å². The van der Waals surface area contributed by atoms with Crippen molar-refractivity contribution in [2.45, 2.75) is 64.2 Å². The van der Waals surface area contributed by atoms with Crippen molar-refractivity contribution in [2.75, 3.05) is 0 Å². The third-order valence-corrected chi connectivity index (χ3v) is 5.22. The van der Waals surface area contributed by atoms with Gasteiger partial charge >= 0.3 is 29.6 Å². The average molecular weight is 356 g/mol. The van der Waals surface area contributed by atoms with Crippen LogP contribution in [0.1, 0.15) is 76.0 Å². The molecule has 24 heavy (non-hydrogen) atoms. The number of benzene rings is 2. The summed E-state index contributed by atoms with van der Waals surface area (Å²) in [5.41, 5.74) is 2.53. The summed E-state index contributed by atoms with van der Waals surface area (Å²) in [5.74, 6) is 0.264. The summed E-state index contributed by atoms with van der Waals surface area (Å²) < 4.78 is 36.5. The molecule has 0 aliphatic heterocycles. The molecule has 0 N–H and O–H groups in total. The topological polar surface area (TPSA) is 57.2 Å². The van der Waals surface area contributed by atoms with Gasteiger partial charge in [0.2, 0.25) is 0 Å². The van der Waals surface area contributed by atoms with Gasteiger partial charge in [-0.05, 0) is 39.8 Å². The number of fused-ring (bicyclic) bond motifs is 1. The Morgan fingerprint density at radius 3 is 1.83 bits per heavy atom. The second kappa shape index (κ2) is 7.88. The van der Waals surface area contributed by atoms with E-state index in [4.69, 9.17) is 0 Å². The second-order valence-electron chi connectivity index (χ2n) is 7.07. The van der Waals surface area contributed by atoms with Crippen LogP contribution in [0.15, 0.2) is 29.2 Å². The minimum absolute atomic E-state index is 0. The summed E-state index contributed by atoms with van der Waals surface area (Å²) in [7, 11) is -4.57. The smallest absolute Gasteiger partial charge is 0.744 e. The zero-order valence-corrected chi connectivity index (χ0v) is 18.5. The van der Waals surface area contributed by atoms with Crippen LogP contribution in [0.5, 0.6) is 0 Å². The van der Waals surface area contributed by atoms with Crippen molar-refractivity contribution >= 4 is 20.9 Å². The maximum atomic E-state index is 12.2. The maximum Gasteiger partial charge on any atom is 1.00 e. The van der Waals surface area contributed by atoms with Crippen molar-refractivity contribution in [3.8, 4) is 0 Å². The first-order valence-electron chi connectivity index (χ1n) is 8.11.